The molecule has 0 fully saturated rings. The summed E-state index contributed by atoms with van der Waals surface area (Å²) in [6, 6.07) is 9.40. The summed E-state index contributed by atoms with van der Waals surface area (Å²) in [5.41, 5.74) is 7.85. The average molecular weight is 316 g/mol. The first-order valence-corrected chi connectivity index (χ1v) is 7.68. The number of nitrogens with zero attached hydrogens (tertiary/aromatic N) is 1. The fourth-order valence-electron chi connectivity index (χ4n) is 2.21. The molecule has 1 atom stereocenters. The molecule has 124 valence electrons. The van der Waals surface area contributed by atoms with E-state index >= 15 is 0 Å². The molecule has 0 aliphatic carbocycles. The van der Waals surface area contributed by atoms with Crippen LogP contribution in [0.1, 0.15) is 34.4 Å². The van der Waals surface area contributed by atoms with Crippen LogP contribution >= 0.6 is 0 Å². The largest absolute Gasteiger partial charge is 0.485 e. The van der Waals surface area contributed by atoms with E-state index in [1.165, 1.54) is 5.56 Å². The fraction of sp³-hybridized carbons (Fsp3) is 0.389. The molecule has 1 unspecified atom stereocenters. The Labute approximate surface area is 137 Å². The Kier molecular flexibility index (Phi) is 5.45. The smallest absolute Gasteiger partial charge is 0.289 e. The van der Waals surface area contributed by atoms with Crippen molar-refractivity contribution >= 4 is 5.91 Å². The van der Waals surface area contributed by atoms with Crippen LogP contribution in [-0.2, 0) is 6.61 Å². The van der Waals surface area contributed by atoms with Gasteiger partial charge >= 0.3 is 0 Å². The lowest BCUT2D eigenvalue weighted by molar-refractivity contribution is 0.0712. The summed E-state index contributed by atoms with van der Waals surface area (Å²) in [5.74, 6) is 1.55. The van der Waals surface area contributed by atoms with Crippen LogP contribution in [0.3, 0.4) is 0 Å². The lowest BCUT2D eigenvalue weighted by Gasteiger charge is -2.22. The van der Waals surface area contributed by atoms with Crippen LogP contribution in [0.2, 0.25) is 0 Å². The molecule has 2 aromatic rings. The van der Waals surface area contributed by atoms with E-state index in [2.05, 4.69) is 6.07 Å². The van der Waals surface area contributed by atoms with Gasteiger partial charge in [-0.15, -0.1) is 0 Å². The van der Waals surface area contributed by atoms with Gasteiger partial charge in [0.2, 0.25) is 0 Å². The van der Waals surface area contributed by atoms with Crippen LogP contribution in [0.25, 0.3) is 0 Å². The summed E-state index contributed by atoms with van der Waals surface area (Å²) in [7, 11) is 1.72. The number of hydrogen-bond donors (Lipinski definition) is 1. The van der Waals surface area contributed by atoms with Crippen LogP contribution in [0.5, 0.6) is 5.75 Å². The number of ether oxygens (including phenoxy) is 1. The summed E-state index contributed by atoms with van der Waals surface area (Å²) < 4.78 is 11.4. The SMILES string of the molecule is Cc1ccc(OCc2ccc(C(=O)N(C)C(C)CN)o2)c(C)c1. The van der Waals surface area contributed by atoms with Crippen molar-refractivity contribution in [3.05, 3.63) is 53.0 Å². The number of hydrogen-bond acceptors (Lipinski definition) is 4. The maximum atomic E-state index is 12.3. The predicted molar refractivity (Wildman–Crippen MR) is 89.6 cm³/mol. The lowest BCUT2D eigenvalue weighted by atomic mass is 10.1. The summed E-state index contributed by atoms with van der Waals surface area (Å²) >= 11 is 0. The number of furan rings is 1. The third kappa shape index (κ3) is 4.13. The van der Waals surface area contributed by atoms with Crippen molar-refractivity contribution in [3.8, 4) is 5.75 Å². The molecule has 1 aromatic carbocycles. The number of amides is 1. The van der Waals surface area contributed by atoms with E-state index in [1.807, 2.05) is 32.9 Å². The molecule has 2 N–H and O–H groups in total. The zero-order chi connectivity index (χ0) is 17.0. The molecular weight excluding hydrogens is 292 g/mol. The van der Waals surface area contributed by atoms with Crippen molar-refractivity contribution in [2.75, 3.05) is 13.6 Å². The number of benzene rings is 1. The molecule has 0 saturated heterocycles. The van der Waals surface area contributed by atoms with E-state index in [4.69, 9.17) is 14.9 Å². The topological polar surface area (TPSA) is 68.7 Å². The molecule has 0 aliphatic rings. The van der Waals surface area contributed by atoms with Crippen LogP contribution < -0.4 is 10.5 Å². The third-order valence-electron chi connectivity index (χ3n) is 3.90. The third-order valence-corrected chi connectivity index (χ3v) is 3.90. The van der Waals surface area contributed by atoms with Crippen molar-refractivity contribution in [2.24, 2.45) is 5.73 Å². The van der Waals surface area contributed by atoms with Gasteiger partial charge in [-0.3, -0.25) is 4.79 Å². The van der Waals surface area contributed by atoms with E-state index < -0.39 is 0 Å². The normalized spacial score (nSPS) is 12.0. The molecule has 5 heteroatoms. The molecule has 23 heavy (non-hydrogen) atoms. The van der Waals surface area contributed by atoms with Gasteiger partial charge in [0.25, 0.3) is 5.91 Å². The number of carbonyl (C=O) groups is 1. The van der Waals surface area contributed by atoms with Gasteiger partial charge in [0, 0.05) is 19.6 Å². The number of rotatable bonds is 6. The highest BCUT2D eigenvalue weighted by Gasteiger charge is 2.19. The first-order valence-electron chi connectivity index (χ1n) is 7.68. The van der Waals surface area contributed by atoms with Crippen LogP contribution in [0.4, 0.5) is 0 Å². The Morgan fingerprint density at radius 3 is 2.70 bits per heavy atom. The number of aryl methyl sites for hydroxylation is 2. The van der Waals surface area contributed by atoms with E-state index in [9.17, 15) is 4.79 Å². The molecule has 2 rings (SSSR count). The van der Waals surface area contributed by atoms with Crippen molar-refractivity contribution in [3.63, 3.8) is 0 Å². The van der Waals surface area contributed by atoms with Gasteiger partial charge in [0.15, 0.2) is 5.76 Å². The molecule has 0 saturated carbocycles. The Morgan fingerprint density at radius 2 is 2.04 bits per heavy atom. The minimum atomic E-state index is -0.180. The van der Waals surface area contributed by atoms with Crippen molar-refractivity contribution in [1.29, 1.82) is 0 Å². The molecular formula is C18H24N2O3. The van der Waals surface area contributed by atoms with Gasteiger partial charge in [-0.05, 0) is 44.5 Å². The second-order valence-corrected chi connectivity index (χ2v) is 5.82. The highest BCUT2D eigenvalue weighted by molar-refractivity contribution is 5.91. The molecule has 1 amide bonds. The lowest BCUT2D eigenvalue weighted by Crippen LogP contribution is -2.39. The van der Waals surface area contributed by atoms with Crippen molar-refractivity contribution in [2.45, 2.75) is 33.4 Å². The quantitative estimate of drug-likeness (QED) is 0.889. The average Bonchev–Trinajstić information content (AvgIpc) is 3.00. The highest BCUT2D eigenvalue weighted by Crippen LogP contribution is 2.21. The highest BCUT2D eigenvalue weighted by atomic mass is 16.5. The van der Waals surface area contributed by atoms with Gasteiger partial charge in [0.05, 0.1) is 0 Å². The zero-order valence-corrected chi connectivity index (χ0v) is 14.1. The van der Waals surface area contributed by atoms with E-state index in [0.29, 0.717) is 18.1 Å². The molecule has 5 nitrogen and oxygen atoms in total. The standard InChI is InChI=1S/C18H24N2O3/c1-12-5-7-16(13(2)9-12)22-11-15-6-8-17(23-15)18(21)20(4)14(3)10-19/h5-9,14H,10-11,19H2,1-4H3. The second kappa shape index (κ2) is 7.33. The summed E-state index contributed by atoms with van der Waals surface area (Å²) in [5, 5.41) is 0. The Morgan fingerprint density at radius 1 is 1.30 bits per heavy atom. The van der Waals surface area contributed by atoms with Gasteiger partial charge in [-0.1, -0.05) is 17.7 Å². The van der Waals surface area contributed by atoms with Crippen molar-refractivity contribution in [1.82, 2.24) is 4.90 Å². The van der Waals surface area contributed by atoms with Crippen LogP contribution in [0, 0.1) is 13.8 Å². The summed E-state index contributed by atoms with van der Waals surface area (Å²) in [4.78, 5) is 13.8. The Hall–Kier alpha value is -2.27. The molecule has 1 aromatic heterocycles. The number of carbonyl (C=O) groups excluding carboxylic acids is 1. The summed E-state index contributed by atoms with van der Waals surface area (Å²) in [6.45, 7) is 6.63. The molecule has 0 spiro atoms. The number of likely N-dealkylation sites (N-methyl/N-ethyl adjacent to an activating group) is 1. The Balaban J connectivity index is 2.01. The fourth-order valence-corrected chi connectivity index (χ4v) is 2.21. The monoisotopic (exact) mass is 316 g/mol. The molecule has 1 heterocycles. The van der Waals surface area contributed by atoms with E-state index in [0.717, 1.165) is 11.3 Å². The first-order chi connectivity index (χ1) is 10.9. The van der Waals surface area contributed by atoms with Gasteiger partial charge in [0.1, 0.15) is 18.1 Å². The Bertz CT molecular complexity index is 679. The zero-order valence-electron chi connectivity index (χ0n) is 14.1. The van der Waals surface area contributed by atoms with Crippen molar-refractivity contribution < 1.29 is 13.9 Å². The predicted octanol–water partition coefficient (Wildman–Crippen LogP) is 2.89. The first kappa shape index (κ1) is 17.1. The van der Waals surface area contributed by atoms with Gasteiger partial charge < -0.3 is 19.8 Å². The second-order valence-electron chi connectivity index (χ2n) is 5.82. The van der Waals surface area contributed by atoms with E-state index in [-0.39, 0.29) is 18.6 Å². The number of nitrogens with two attached hydrogens (primary N) is 1. The summed E-state index contributed by atoms with van der Waals surface area (Å²) in [6.07, 6.45) is 0. The van der Waals surface area contributed by atoms with Gasteiger partial charge in [-0.25, -0.2) is 0 Å². The molecule has 0 bridgehead atoms. The molecule has 0 radical (unpaired) electrons. The maximum Gasteiger partial charge on any atom is 0.289 e. The van der Waals surface area contributed by atoms with Gasteiger partial charge in [-0.2, -0.15) is 0 Å². The van der Waals surface area contributed by atoms with E-state index in [1.54, 1.807) is 24.1 Å². The maximum absolute atomic E-state index is 12.3. The minimum absolute atomic E-state index is 0.0393. The molecule has 0 aliphatic heterocycles. The minimum Gasteiger partial charge on any atom is -0.485 e. The van der Waals surface area contributed by atoms with Crippen LogP contribution in [-0.4, -0.2) is 30.4 Å². The van der Waals surface area contributed by atoms with Crippen LogP contribution in [0.15, 0.2) is 34.7 Å².